The number of nitrogens with one attached hydrogen (secondary N) is 1. The molecule has 0 unspecified atom stereocenters. The number of rotatable bonds is 1. The van der Waals surface area contributed by atoms with Gasteiger partial charge in [0.1, 0.15) is 5.84 Å². The SMILES string of the molecule is O=C(NC1=NN(c2cccc(Cl)c2)CC1)C(F)(F)F. The number of nitrogens with zero attached hydrogens (tertiary/aromatic N) is 2. The van der Waals surface area contributed by atoms with Gasteiger partial charge in [-0.15, -0.1) is 0 Å². The quantitative estimate of drug-likeness (QED) is 0.864. The summed E-state index contributed by atoms with van der Waals surface area (Å²) < 4.78 is 36.2. The number of amides is 1. The first-order valence-corrected chi connectivity index (χ1v) is 5.73. The number of carbonyl (C=O) groups excluding carboxylic acids is 1. The Hall–Kier alpha value is -1.76. The van der Waals surface area contributed by atoms with Gasteiger partial charge >= 0.3 is 12.1 Å². The minimum Gasteiger partial charge on any atom is -0.305 e. The van der Waals surface area contributed by atoms with E-state index >= 15 is 0 Å². The van der Waals surface area contributed by atoms with Crippen molar-refractivity contribution in [3.05, 3.63) is 29.3 Å². The van der Waals surface area contributed by atoms with Gasteiger partial charge in [-0.1, -0.05) is 17.7 Å². The van der Waals surface area contributed by atoms with Crippen molar-refractivity contribution in [1.82, 2.24) is 5.32 Å². The summed E-state index contributed by atoms with van der Waals surface area (Å²) in [4.78, 5) is 10.8. The lowest BCUT2D eigenvalue weighted by Crippen LogP contribution is -2.40. The van der Waals surface area contributed by atoms with Gasteiger partial charge < -0.3 is 5.32 Å². The van der Waals surface area contributed by atoms with Gasteiger partial charge in [-0.05, 0) is 18.2 Å². The number of carbonyl (C=O) groups is 1. The fourth-order valence-electron chi connectivity index (χ4n) is 1.57. The molecule has 0 fully saturated rings. The van der Waals surface area contributed by atoms with E-state index in [0.29, 0.717) is 17.3 Å². The third kappa shape index (κ3) is 3.37. The lowest BCUT2D eigenvalue weighted by atomic mass is 10.3. The summed E-state index contributed by atoms with van der Waals surface area (Å²) in [7, 11) is 0. The lowest BCUT2D eigenvalue weighted by Gasteiger charge is -2.13. The second-order valence-corrected chi connectivity index (χ2v) is 4.29. The minimum atomic E-state index is -4.91. The Morgan fingerprint density at radius 3 is 2.79 bits per heavy atom. The van der Waals surface area contributed by atoms with Gasteiger partial charge in [-0.3, -0.25) is 9.80 Å². The third-order valence-corrected chi connectivity index (χ3v) is 2.66. The maximum atomic E-state index is 12.1. The molecule has 0 spiro atoms. The van der Waals surface area contributed by atoms with E-state index in [0.717, 1.165) is 0 Å². The van der Waals surface area contributed by atoms with E-state index in [1.807, 2.05) is 0 Å². The van der Waals surface area contributed by atoms with Crippen LogP contribution >= 0.6 is 11.6 Å². The minimum absolute atomic E-state index is 0.0118. The molecule has 1 aliphatic rings. The number of amidine groups is 1. The zero-order valence-electron chi connectivity index (χ0n) is 9.54. The first-order chi connectivity index (χ1) is 8.86. The molecule has 4 nitrogen and oxygen atoms in total. The zero-order chi connectivity index (χ0) is 14.0. The van der Waals surface area contributed by atoms with Crippen molar-refractivity contribution in [2.24, 2.45) is 5.10 Å². The Labute approximate surface area is 111 Å². The molecule has 0 saturated carbocycles. The summed E-state index contributed by atoms with van der Waals surface area (Å²) in [6.07, 6.45) is -4.68. The summed E-state index contributed by atoms with van der Waals surface area (Å²) >= 11 is 5.81. The van der Waals surface area contributed by atoms with E-state index in [2.05, 4.69) is 5.10 Å². The summed E-state index contributed by atoms with van der Waals surface area (Å²) in [5.41, 5.74) is 0.656. The van der Waals surface area contributed by atoms with Crippen LogP contribution in [0, 0.1) is 0 Å². The van der Waals surface area contributed by atoms with Crippen LogP contribution in [0.2, 0.25) is 5.02 Å². The number of hydrazone groups is 1. The van der Waals surface area contributed by atoms with E-state index in [9.17, 15) is 18.0 Å². The second-order valence-electron chi connectivity index (χ2n) is 3.85. The molecule has 1 heterocycles. The fraction of sp³-hybridized carbons (Fsp3) is 0.273. The highest BCUT2D eigenvalue weighted by Gasteiger charge is 2.39. The molecular weight excluding hydrogens is 283 g/mol. The summed E-state index contributed by atoms with van der Waals surface area (Å²) in [6, 6.07) is 6.75. The Morgan fingerprint density at radius 2 is 2.16 bits per heavy atom. The van der Waals surface area contributed by atoms with Crippen molar-refractivity contribution in [3.63, 3.8) is 0 Å². The molecule has 1 aliphatic heterocycles. The number of alkyl halides is 3. The predicted octanol–water partition coefficient (Wildman–Crippen LogP) is 2.54. The molecular formula is C11H9ClF3N3O. The van der Waals surface area contributed by atoms with E-state index in [1.165, 1.54) is 5.01 Å². The standard InChI is InChI=1S/C11H9ClF3N3O/c12-7-2-1-3-8(6-7)18-5-4-9(17-18)16-10(19)11(13,14)15/h1-3,6H,4-5H2,(H,16,17,19). The predicted molar refractivity (Wildman–Crippen MR) is 65.0 cm³/mol. The number of halogens is 4. The maximum absolute atomic E-state index is 12.1. The molecule has 1 amide bonds. The first kappa shape index (κ1) is 13.7. The lowest BCUT2D eigenvalue weighted by molar-refractivity contribution is -0.171. The van der Waals surface area contributed by atoms with Crippen molar-refractivity contribution >= 4 is 29.0 Å². The van der Waals surface area contributed by atoms with Crippen LogP contribution in [0.5, 0.6) is 0 Å². The van der Waals surface area contributed by atoms with E-state index in [-0.39, 0.29) is 12.3 Å². The largest absolute Gasteiger partial charge is 0.471 e. The molecule has 0 aromatic heterocycles. The summed E-state index contributed by atoms with van der Waals surface area (Å²) in [5, 5.41) is 7.64. The second kappa shape index (κ2) is 5.08. The number of benzene rings is 1. The maximum Gasteiger partial charge on any atom is 0.471 e. The molecule has 19 heavy (non-hydrogen) atoms. The molecule has 0 aliphatic carbocycles. The van der Waals surface area contributed by atoms with Crippen molar-refractivity contribution < 1.29 is 18.0 Å². The molecule has 0 saturated heterocycles. The van der Waals surface area contributed by atoms with Crippen LogP contribution in [0.4, 0.5) is 18.9 Å². The van der Waals surface area contributed by atoms with Crippen LogP contribution in [-0.2, 0) is 4.79 Å². The van der Waals surface area contributed by atoms with Gasteiger partial charge in [0, 0.05) is 18.0 Å². The van der Waals surface area contributed by atoms with Crippen LogP contribution in [0.1, 0.15) is 6.42 Å². The van der Waals surface area contributed by atoms with Crippen LogP contribution in [0.3, 0.4) is 0 Å². The van der Waals surface area contributed by atoms with E-state index in [1.54, 1.807) is 29.6 Å². The number of hydrogen-bond donors (Lipinski definition) is 1. The molecule has 1 N–H and O–H groups in total. The Balaban J connectivity index is 2.07. The molecule has 0 atom stereocenters. The van der Waals surface area contributed by atoms with Crippen LogP contribution < -0.4 is 10.3 Å². The van der Waals surface area contributed by atoms with Crippen LogP contribution in [-0.4, -0.2) is 24.5 Å². The molecule has 1 aromatic carbocycles. The highest BCUT2D eigenvalue weighted by Crippen LogP contribution is 2.22. The van der Waals surface area contributed by atoms with E-state index < -0.39 is 12.1 Å². The normalized spacial score (nSPS) is 15.4. The topological polar surface area (TPSA) is 44.7 Å². The van der Waals surface area contributed by atoms with Gasteiger partial charge in [0.05, 0.1) is 5.69 Å². The van der Waals surface area contributed by atoms with Crippen molar-refractivity contribution in [2.75, 3.05) is 11.6 Å². The number of hydrogen-bond acceptors (Lipinski definition) is 3. The molecule has 102 valence electrons. The molecule has 0 bridgehead atoms. The summed E-state index contributed by atoms with van der Waals surface area (Å²) in [6.45, 7) is 0.383. The third-order valence-electron chi connectivity index (χ3n) is 2.42. The fourth-order valence-corrected chi connectivity index (χ4v) is 1.75. The Morgan fingerprint density at radius 1 is 1.42 bits per heavy atom. The summed E-state index contributed by atoms with van der Waals surface area (Å²) in [5.74, 6) is -2.03. The average Bonchev–Trinajstić information content (AvgIpc) is 2.76. The van der Waals surface area contributed by atoms with Crippen molar-refractivity contribution in [1.29, 1.82) is 0 Å². The zero-order valence-corrected chi connectivity index (χ0v) is 10.3. The molecule has 8 heteroatoms. The highest BCUT2D eigenvalue weighted by atomic mass is 35.5. The van der Waals surface area contributed by atoms with Crippen LogP contribution in [0.25, 0.3) is 0 Å². The number of anilines is 1. The van der Waals surface area contributed by atoms with Gasteiger partial charge in [0.15, 0.2) is 0 Å². The van der Waals surface area contributed by atoms with Gasteiger partial charge in [-0.2, -0.15) is 18.3 Å². The smallest absolute Gasteiger partial charge is 0.305 e. The van der Waals surface area contributed by atoms with Crippen molar-refractivity contribution in [2.45, 2.75) is 12.6 Å². The van der Waals surface area contributed by atoms with Gasteiger partial charge in [-0.25, -0.2) is 0 Å². The molecule has 2 rings (SSSR count). The average molecular weight is 292 g/mol. The molecule has 0 radical (unpaired) electrons. The molecule has 1 aromatic rings. The van der Waals surface area contributed by atoms with Gasteiger partial charge in [0.25, 0.3) is 0 Å². The van der Waals surface area contributed by atoms with Crippen molar-refractivity contribution in [3.8, 4) is 0 Å². The first-order valence-electron chi connectivity index (χ1n) is 5.35. The van der Waals surface area contributed by atoms with E-state index in [4.69, 9.17) is 11.6 Å². The highest BCUT2D eigenvalue weighted by molar-refractivity contribution is 6.30. The van der Waals surface area contributed by atoms with Crippen LogP contribution in [0.15, 0.2) is 29.4 Å². The Kier molecular flexibility index (Phi) is 3.66. The Bertz CT molecular complexity index is 530. The monoisotopic (exact) mass is 291 g/mol. The van der Waals surface area contributed by atoms with Gasteiger partial charge in [0.2, 0.25) is 0 Å².